The topological polar surface area (TPSA) is 16.1 Å². The van der Waals surface area contributed by atoms with Crippen LogP contribution in [0.5, 0.6) is 0 Å². The largest absolute Gasteiger partial charge is 0.378 e. The van der Waals surface area contributed by atoms with Crippen LogP contribution < -0.4 is 4.90 Å². The molecule has 0 aliphatic carbocycles. The second-order valence-electron chi connectivity index (χ2n) is 6.20. The van der Waals surface area contributed by atoms with Crippen molar-refractivity contribution in [2.75, 3.05) is 19.0 Å². The zero-order valence-corrected chi connectivity index (χ0v) is 14.2. The minimum Gasteiger partial charge on any atom is -0.378 e. The molecule has 0 atom stereocenters. The third-order valence-corrected chi connectivity index (χ3v) is 4.05. The smallest absolute Gasteiger partial charge is 0.0712 e. The van der Waals surface area contributed by atoms with Gasteiger partial charge in [-0.05, 0) is 61.4 Å². The summed E-state index contributed by atoms with van der Waals surface area (Å²) >= 11 is 0. The van der Waals surface area contributed by atoms with E-state index in [4.69, 9.17) is 4.98 Å². The first-order valence-electron chi connectivity index (χ1n) is 7.86. The summed E-state index contributed by atoms with van der Waals surface area (Å²) in [6, 6.07) is 17.1. The summed E-state index contributed by atoms with van der Waals surface area (Å²) in [4.78, 5) is 6.84. The fourth-order valence-corrected chi connectivity index (χ4v) is 2.68. The van der Waals surface area contributed by atoms with Gasteiger partial charge in [-0.1, -0.05) is 29.8 Å². The maximum Gasteiger partial charge on any atom is 0.0712 e. The molecule has 0 aliphatic rings. The summed E-state index contributed by atoms with van der Waals surface area (Å²) in [5.74, 6) is 0. The maximum absolute atomic E-state index is 4.74. The van der Waals surface area contributed by atoms with Gasteiger partial charge in [0.15, 0.2) is 0 Å². The van der Waals surface area contributed by atoms with Crippen LogP contribution in [0.4, 0.5) is 5.69 Å². The molecule has 3 rings (SSSR count). The monoisotopic (exact) mass is 302 g/mol. The standard InChI is InChI=1S/C21H22N2/c1-15-5-12-21-20(13-15)16(2)14-18(22-21)9-6-17-7-10-19(11-8-17)23(3)4/h5-14H,1-4H3/b9-6-. The molecule has 0 N–H and O–H groups in total. The average Bonchev–Trinajstić information content (AvgIpc) is 2.54. The quantitative estimate of drug-likeness (QED) is 0.670. The Hall–Kier alpha value is -2.61. The number of nitrogens with zero attached hydrogens (tertiary/aromatic N) is 2. The van der Waals surface area contributed by atoms with E-state index >= 15 is 0 Å². The number of aromatic nitrogens is 1. The van der Waals surface area contributed by atoms with E-state index in [1.54, 1.807) is 0 Å². The zero-order valence-electron chi connectivity index (χ0n) is 14.2. The molecule has 0 fully saturated rings. The molecule has 1 aromatic heterocycles. The highest BCUT2D eigenvalue weighted by molar-refractivity contribution is 5.84. The molecule has 0 saturated carbocycles. The number of fused-ring (bicyclic) bond motifs is 1. The molecule has 0 aliphatic heterocycles. The summed E-state index contributed by atoms with van der Waals surface area (Å²) < 4.78 is 0. The van der Waals surface area contributed by atoms with Crippen LogP contribution in [-0.4, -0.2) is 19.1 Å². The third kappa shape index (κ3) is 3.42. The minimum absolute atomic E-state index is 0.996. The van der Waals surface area contributed by atoms with Gasteiger partial charge in [0.25, 0.3) is 0 Å². The van der Waals surface area contributed by atoms with E-state index in [0.717, 1.165) is 11.2 Å². The Bertz CT molecular complexity index is 859. The molecule has 0 unspecified atom stereocenters. The first-order chi connectivity index (χ1) is 11.0. The molecular formula is C21H22N2. The lowest BCUT2D eigenvalue weighted by Gasteiger charge is -2.11. The Labute approximate surface area is 138 Å². The highest BCUT2D eigenvalue weighted by Crippen LogP contribution is 2.20. The number of rotatable bonds is 3. The molecule has 2 aromatic carbocycles. The van der Waals surface area contributed by atoms with Crippen molar-refractivity contribution < 1.29 is 0 Å². The third-order valence-electron chi connectivity index (χ3n) is 4.05. The molecule has 0 radical (unpaired) electrons. The van der Waals surface area contributed by atoms with E-state index < -0.39 is 0 Å². The van der Waals surface area contributed by atoms with Crippen molar-refractivity contribution in [3.63, 3.8) is 0 Å². The van der Waals surface area contributed by atoms with Gasteiger partial charge in [0.2, 0.25) is 0 Å². The van der Waals surface area contributed by atoms with E-state index in [-0.39, 0.29) is 0 Å². The number of benzene rings is 2. The van der Waals surface area contributed by atoms with Gasteiger partial charge >= 0.3 is 0 Å². The fourth-order valence-electron chi connectivity index (χ4n) is 2.68. The predicted octanol–water partition coefficient (Wildman–Crippen LogP) is 5.09. The van der Waals surface area contributed by atoms with Crippen LogP contribution in [-0.2, 0) is 0 Å². The average molecular weight is 302 g/mol. The van der Waals surface area contributed by atoms with E-state index in [9.17, 15) is 0 Å². The van der Waals surface area contributed by atoms with Crippen molar-refractivity contribution in [3.05, 3.63) is 70.9 Å². The summed E-state index contributed by atoms with van der Waals surface area (Å²) in [5.41, 5.74) is 6.97. The lowest BCUT2D eigenvalue weighted by atomic mass is 10.1. The number of pyridine rings is 1. The summed E-state index contributed by atoms with van der Waals surface area (Å²) in [7, 11) is 4.10. The summed E-state index contributed by atoms with van der Waals surface area (Å²) in [6.07, 6.45) is 4.19. The van der Waals surface area contributed by atoms with E-state index in [1.807, 2.05) is 14.1 Å². The van der Waals surface area contributed by atoms with Gasteiger partial charge < -0.3 is 4.90 Å². The van der Waals surface area contributed by atoms with Gasteiger partial charge in [0.05, 0.1) is 11.2 Å². The van der Waals surface area contributed by atoms with Crippen LogP contribution in [0.15, 0.2) is 48.5 Å². The predicted molar refractivity (Wildman–Crippen MR) is 101 cm³/mol. The molecule has 2 heteroatoms. The molecule has 23 heavy (non-hydrogen) atoms. The van der Waals surface area contributed by atoms with Gasteiger partial charge in [-0.3, -0.25) is 0 Å². The van der Waals surface area contributed by atoms with Gasteiger partial charge in [0, 0.05) is 25.2 Å². The Morgan fingerprint density at radius 3 is 2.30 bits per heavy atom. The first-order valence-corrected chi connectivity index (χ1v) is 7.86. The highest BCUT2D eigenvalue weighted by Gasteiger charge is 2.01. The Morgan fingerprint density at radius 1 is 0.870 bits per heavy atom. The number of hydrogen-bond donors (Lipinski definition) is 0. The molecular weight excluding hydrogens is 280 g/mol. The number of aryl methyl sites for hydroxylation is 2. The second kappa shape index (κ2) is 6.25. The normalized spacial score (nSPS) is 11.3. The fraction of sp³-hybridized carbons (Fsp3) is 0.190. The Kier molecular flexibility index (Phi) is 4.16. The van der Waals surface area contributed by atoms with Crippen molar-refractivity contribution in [3.8, 4) is 0 Å². The van der Waals surface area contributed by atoms with Crippen LogP contribution in [0, 0.1) is 13.8 Å². The van der Waals surface area contributed by atoms with E-state index in [1.165, 1.54) is 27.8 Å². The molecule has 1 heterocycles. The lowest BCUT2D eigenvalue weighted by Crippen LogP contribution is -2.07. The van der Waals surface area contributed by atoms with Crippen LogP contribution >= 0.6 is 0 Å². The number of hydrogen-bond acceptors (Lipinski definition) is 2. The minimum atomic E-state index is 0.996. The maximum atomic E-state index is 4.74. The second-order valence-corrected chi connectivity index (χ2v) is 6.20. The van der Waals surface area contributed by atoms with Crippen LogP contribution in [0.2, 0.25) is 0 Å². The van der Waals surface area contributed by atoms with Crippen molar-refractivity contribution in [1.29, 1.82) is 0 Å². The van der Waals surface area contributed by atoms with E-state index in [0.29, 0.717) is 0 Å². The molecule has 0 saturated heterocycles. The van der Waals surface area contributed by atoms with Crippen LogP contribution in [0.3, 0.4) is 0 Å². The van der Waals surface area contributed by atoms with Crippen LogP contribution in [0.25, 0.3) is 23.1 Å². The van der Waals surface area contributed by atoms with Crippen molar-refractivity contribution in [2.24, 2.45) is 0 Å². The number of anilines is 1. The molecule has 0 bridgehead atoms. The molecule has 0 spiro atoms. The van der Waals surface area contributed by atoms with Gasteiger partial charge in [0.1, 0.15) is 0 Å². The van der Waals surface area contributed by atoms with Gasteiger partial charge in [-0.25, -0.2) is 4.98 Å². The van der Waals surface area contributed by atoms with Gasteiger partial charge in [-0.2, -0.15) is 0 Å². The molecule has 0 amide bonds. The van der Waals surface area contributed by atoms with Crippen molar-refractivity contribution in [2.45, 2.75) is 13.8 Å². The van der Waals surface area contributed by atoms with Crippen LogP contribution in [0.1, 0.15) is 22.4 Å². The summed E-state index contributed by atoms with van der Waals surface area (Å²) in [5, 5.41) is 1.23. The SMILES string of the molecule is Cc1ccc2nc(/C=C\c3ccc(N(C)C)cc3)cc(C)c2c1. The van der Waals surface area contributed by atoms with Crippen molar-refractivity contribution in [1.82, 2.24) is 4.98 Å². The van der Waals surface area contributed by atoms with E-state index in [2.05, 4.69) is 79.4 Å². The lowest BCUT2D eigenvalue weighted by molar-refractivity contribution is 1.13. The van der Waals surface area contributed by atoms with Crippen molar-refractivity contribution >= 4 is 28.7 Å². The van der Waals surface area contributed by atoms with Gasteiger partial charge in [-0.15, -0.1) is 0 Å². The Balaban J connectivity index is 1.90. The highest BCUT2D eigenvalue weighted by atomic mass is 15.1. The molecule has 2 nitrogen and oxygen atoms in total. The first kappa shape index (κ1) is 15.3. The molecule has 3 aromatic rings. The zero-order chi connectivity index (χ0) is 16.4. The molecule has 116 valence electrons. The summed E-state index contributed by atoms with van der Waals surface area (Å²) in [6.45, 7) is 4.26. The Morgan fingerprint density at radius 2 is 1.61 bits per heavy atom.